The minimum Gasteiger partial charge on any atom is -0.495 e. The molecule has 0 radical (unpaired) electrons. The van der Waals surface area contributed by atoms with Crippen molar-refractivity contribution >= 4 is 26.7 Å². The summed E-state index contributed by atoms with van der Waals surface area (Å²) in [5.41, 5.74) is 1.86. The molecule has 0 amide bonds. The van der Waals surface area contributed by atoms with Crippen LogP contribution in [-0.4, -0.2) is 25.3 Å². The molecule has 0 atom stereocenters. The van der Waals surface area contributed by atoms with Crippen molar-refractivity contribution in [3.05, 3.63) is 100 Å². The molecule has 1 N–H and O–H groups in total. The number of fused-ring (bicyclic) bond motifs is 1. The third kappa shape index (κ3) is 4.38. The molecule has 2 heterocycles. The summed E-state index contributed by atoms with van der Waals surface area (Å²) >= 11 is 0. The molecule has 9 nitrogen and oxygen atoms in total. The number of sulfonamides is 1. The molecular weight excluding hydrogens is 511 g/mol. The van der Waals surface area contributed by atoms with Crippen LogP contribution in [0.5, 0.6) is 5.75 Å². The molecule has 0 saturated heterocycles. The highest BCUT2D eigenvalue weighted by Gasteiger charge is 2.20. The van der Waals surface area contributed by atoms with Crippen LogP contribution in [-0.2, 0) is 10.0 Å². The molecule has 0 spiro atoms. The van der Waals surface area contributed by atoms with E-state index in [1.165, 1.54) is 66.5 Å². The Balaban J connectivity index is 1.64. The van der Waals surface area contributed by atoms with E-state index < -0.39 is 21.4 Å². The molecule has 5 rings (SSSR count). The number of pyridine rings is 1. The molecule has 0 aliphatic carbocycles. The molecule has 38 heavy (non-hydrogen) atoms. The second-order valence-corrected chi connectivity index (χ2v) is 10.0. The van der Waals surface area contributed by atoms with Gasteiger partial charge in [-0.15, -0.1) is 0 Å². The van der Waals surface area contributed by atoms with E-state index >= 15 is 4.39 Å². The number of hydrogen-bond acceptors (Lipinski definition) is 7. The molecule has 0 bridgehead atoms. The monoisotopic (exact) mass is 530 g/mol. The number of aryl methyl sites for hydroxylation is 1. The average Bonchev–Trinajstić information content (AvgIpc) is 3.41. The van der Waals surface area contributed by atoms with Crippen molar-refractivity contribution < 1.29 is 22.1 Å². The second-order valence-electron chi connectivity index (χ2n) is 8.36. The number of aromatic nitrogens is 2. The van der Waals surface area contributed by atoms with Gasteiger partial charge >= 0.3 is 0 Å². The van der Waals surface area contributed by atoms with Crippen LogP contribution in [0.4, 0.5) is 10.2 Å². The van der Waals surface area contributed by atoms with Crippen molar-refractivity contribution in [3.8, 4) is 28.6 Å². The summed E-state index contributed by atoms with van der Waals surface area (Å²) in [6.07, 6.45) is 1.23. The highest BCUT2D eigenvalue weighted by atomic mass is 32.2. The SMILES string of the molecule is COc1cc(-c2ccc(C)c(C#N)c2)c(F)cc1-n1c(=O)ccc2cc(S(=O)(=O)Nc3ccon3)ccc21. The number of anilines is 1. The smallest absolute Gasteiger partial charge is 0.263 e. The zero-order valence-electron chi connectivity index (χ0n) is 20.1. The van der Waals surface area contributed by atoms with Gasteiger partial charge in [-0.3, -0.25) is 14.1 Å². The fourth-order valence-electron chi connectivity index (χ4n) is 4.11. The predicted octanol–water partition coefficient (Wildman–Crippen LogP) is 4.77. The maximum absolute atomic E-state index is 15.5. The zero-order chi connectivity index (χ0) is 27.0. The summed E-state index contributed by atoms with van der Waals surface area (Å²) in [6.45, 7) is 1.79. The van der Waals surface area contributed by atoms with Gasteiger partial charge in [0.15, 0.2) is 5.82 Å². The number of nitrogens with zero attached hydrogens (tertiary/aromatic N) is 3. The summed E-state index contributed by atoms with van der Waals surface area (Å²) in [7, 11) is -2.60. The number of rotatable bonds is 6. The average molecular weight is 531 g/mol. The van der Waals surface area contributed by atoms with Crippen molar-refractivity contribution in [1.82, 2.24) is 9.72 Å². The van der Waals surface area contributed by atoms with Gasteiger partial charge in [0, 0.05) is 29.1 Å². The van der Waals surface area contributed by atoms with E-state index in [4.69, 9.17) is 4.74 Å². The van der Waals surface area contributed by atoms with Gasteiger partial charge in [0.2, 0.25) is 0 Å². The Kier molecular flexibility index (Phi) is 6.18. The summed E-state index contributed by atoms with van der Waals surface area (Å²) in [5.74, 6) is -0.404. The van der Waals surface area contributed by atoms with E-state index in [-0.39, 0.29) is 27.7 Å². The van der Waals surface area contributed by atoms with Crippen LogP contribution in [0.15, 0.2) is 87.2 Å². The van der Waals surface area contributed by atoms with Crippen molar-refractivity contribution in [3.63, 3.8) is 0 Å². The Labute approximate surface area is 216 Å². The van der Waals surface area contributed by atoms with Crippen LogP contribution < -0.4 is 15.0 Å². The van der Waals surface area contributed by atoms with E-state index in [1.807, 2.05) is 0 Å². The first-order chi connectivity index (χ1) is 18.2. The number of nitrogens with one attached hydrogen (secondary N) is 1. The van der Waals surface area contributed by atoms with Crippen LogP contribution >= 0.6 is 0 Å². The van der Waals surface area contributed by atoms with Crippen molar-refractivity contribution in [2.24, 2.45) is 0 Å². The minimum absolute atomic E-state index is 0.0193. The fraction of sp³-hybridized carbons (Fsp3) is 0.0741. The summed E-state index contributed by atoms with van der Waals surface area (Å²) in [6, 6.07) is 18.0. The number of halogens is 1. The highest BCUT2D eigenvalue weighted by Crippen LogP contribution is 2.34. The minimum atomic E-state index is -3.99. The molecule has 0 aliphatic heterocycles. The summed E-state index contributed by atoms with van der Waals surface area (Å²) in [4.78, 5) is 12.9. The lowest BCUT2D eigenvalue weighted by molar-refractivity contribution is 0.412. The standard InChI is InChI=1S/C27H19FN4O5S/c1-16-3-4-17(11-19(16)15-29)21-13-25(36-2)24(14-22(21)28)32-23-7-6-20(12-18(23)5-8-27(32)33)38(34,35)31-26-9-10-37-30-26/h3-14H,1-2H3,(H,30,31). The van der Waals surface area contributed by atoms with Gasteiger partial charge < -0.3 is 9.26 Å². The van der Waals surface area contributed by atoms with Gasteiger partial charge in [-0.2, -0.15) is 5.26 Å². The quantitative estimate of drug-likeness (QED) is 0.335. The molecule has 190 valence electrons. The first kappa shape index (κ1) is 24.7. The Hall–Kier alpha value is -4.95. The van der Waals surface area contributed by atoms with E-state index in [0.717, 1.165) is 5.56 Å². The van der Waals surface area contributed by atoms with E-state index in [0.29, 0.717) is 22.0 Å². The molecule has 0 unspecified atom stereocenters. The number of nitriles is 1. The third-order valence-electron chi connectivity index (χ3n) is 6.03. The Morgan fingerprint density at radius 1 is 1.08 bits per heavy atom. The van der Waals surface area contributed by atoms with E-state index in [9.17, 15) is 18.5 Å². The van der Waals surface area contributed by atoms with Crippen LogP contribution in [0.3, 0.4) is 0 Å². The van der Waals surface area contributed by atoms with Crippen LogP contribution in [0.2, 0.25) is 0 Å². The topological polar surface area (TPSA) is 127 Å². The number of hydrogen-bond donors (Lipinski definition) is 1. The number of methoxy groups -OCH3 is 1. The first-order valence-electron chi connectivity index (χ1n) is 11.2. The molecular formula is C27H19FN4O5S. The van der Waals surface area contributed by atoms with Crippen LogP contribution in [0, 0.1) is 24.1 Å². The van der Waals surface area contributed by atoms with Crippen molar-refractivity contribution in [2.45, 2.75) is 11.8 Å². The van der Waals surface area contributed by atoms with Gasteiger partial charge in [0.05, 0.1) is 34.8 Å². The van der Waals surface area contributed by atoms with Gasteiger partial charge in [-0.05, 0) is 54.4 Å². The zero-order valence-corrected chi connectivity index (χ0v) is 20.9. The fourth-order valence-corrected chi connectivity index (χ4v) is 5.14. The highest BCUT2D eigenvalue weighted by molar-refractivity contribution is 7.92. The van der Waals surface area contributed by atoms with Crippen molar-refractivity contribution in [2.75, 3.05) is 11.8 Å². The van der Waals surface area contributed by atoms with E-state index in [1.54, 1.807) is 25.1 Å². The second kappa shape index (κ2) is 9.49. The molecule has 0 saturated carbocycles. The molecule has 5 aromatic rings. The van der Waals surface area contributed by atoms with E-state index in [2.05, 4.69) is 20.5 Å². The molecule has 11 heteroatoms. The van der Waals surface area contributed by atoms with Crippen LogP contribution in [0.1, 0.15) is 11.1 Å². The van der Waals surface area contributed by atoms with Gasteiger partial charge in [-0.25, -0.2) is 12.8 Å². The third-order valence-corrected chi connectivity index (χ3v) is 7.38. The predicted molar refractivity (Wildman–Crippen MR) is 138 cm³/mol. The maximum atomic E-state index is 15.5. The molecule has 3 aromatic carbocycles. The Bertz CT molecular complexity index is 1910. The lowest BCUT2D eigenvalue weighted by atomic mass is 9.99. The van der Waals surface area contributed by atoms with Crippen LogP contribution in [0.25, 0.3) is 27.7 Å². The lowest BCUT2D eigenvalue weighted by Gasteiger charge is -2.17. The summed E-state index contributed by atoms with van der Waals surface area (Å²) < 4.78 is 54.8. The molecule has 0 aliphatic rings. The Morgan fingerprint density at radius 3 is 2.61 bits per heavy atom. The largest absolute Gasteiger partial charge is 0.495 e. The van der Waals surface area contributed by atoms with Crippen molar-refractivity contribution in [1.29, 1.82) is 5.26 Å². The summed E-state index contributed by atoms with van der Waals surface area (Å²) in [5, 5.41) is 13.3. The molecule has 2 aromatic heterocycles. The molecule has 0 fully saturated rings. The lowest BCUT2D eigenvalue weighted by Crippen LogP contribution is -2.19. The normalized spacial score (nSPS) is 11.3. The maximum Gasteiger partial charge on any atom is 0.263 e. The number of ether oxygens (including phenoxy) is 1. The van der Waals surface area contributed by atoms with Gasteiger partial charge in [-0.1, -0.05) is 17.3 Å². The van der Waals surface area contributed by atoms with Gasteiger partial charge in [0.1, 0.15) is 17.8 Å². The first-order valence-corrected chi connectivity index (χ1v) is 12.7. The van der Waals surface area contributed by atoms with Gasteiger partial charge in [0.25, 0.3) is 15.6 Å². The number of benzene rings is 3. The Morgan fingerprint density at radius 2 is 1.89 bits per heavy atom.